The topological polar surface area (TPSA) is 81.0 Å². The van der Waals surface area contributed by atoms with Crippen LogP contribution < -0.4 is 0 Å². The molecule has 6 heteroatoms. The SMILES string of the molecule is Cc1cccc(-c2nnc(COC(=O)CCc3c[nH]c4ccccc34)o2)c1. The van der Waals surface area contributed by atoms with E-state index in [2.05, 4.69) is 15.2 Å². The van der Waals surface area contributed by atoms with Gasteiger partial charge in [0, 0.05) is 29.1 Å². The molecule has 136 valence electrons. The number of para-hydroxylation sites is 1. The summed E-state index contributed by atoms with van der Waals surface area (Å²) >= 11 is 0. The monoisotopic (exact) mass is 361 g/mol. The summed E-state index contributed by atoms with van der Waals surface area (Å²) in [6, 6.07) is 15.8. The first-order valence-corrected chi connectivity index (χ1v) is 8.79. The molecule has 4 aromatic rings. The van der Waals surface area contributed by atoms with Crippen molar-refractivity contribution in [2.24, 2.45) is 0 Å². The average Bonchev–Trinajstić information content (AvgIpc) is 3.32. The summed E-state index contributed by atoms with van der Waals surface area (Å²) in [6.07, 6.45) is 2.84. The number of benzene rings is 2. The van der Waals surface area contributed by atoms with E-state index < -0.39 is 0 Å². The number of hydrogen-bond donors (Lipinski definition) is 1. The van der Waals surface area contributed by atoms with Crippen molar-refractivity contribution in [3.63, 3.8) is 0 Å². The van der Waals surface area contributed by atoms with Crippen LogP contribution in [0.1, 0.15) is 23.4 Å². The van der Waals surface area contributed by atoms with Crippen molar-refractivity contribution in [1.82, 2.24) is 15.2 Å². The molecule has 4 rings (SSSR count). The molecule has 2 aromatic carbocycles. The van der Waals surface area contributed by atoms with Crippen LogP contribution in [-0.2, 0) is 22.6 Å². The Labute approximate surface area is 156 Å². The number of H-pyrrole nitrogens is 1. The normalized spacial score (nSPS) is 11.0. The first kappa shape index (κ1) is 17.0. The van der Waals surface area contributed by atoms with Crippen molar-refractivity contribution in [2.75, 3.05) is 0 Å². The number of carbonyl (C=O) groups excluding carboxylic acids is 1. The van der Waals surface area contributed by atoms with Gasteiger partial charge in [-0.3, -0.25) is 4.79 Å². The van der Waals surface area contributed by atoms with Crippen molar-refractivity contribution in [2.45, 2.75) is 26.4 Å². The molecule has 0 aliphatic rings. The fourth-order valence-electron chi connectivity index (χ4n) is 3.00. The number of aromatic amines is 1. The molecule has 0 radical (unpaired) electrons. The second kappa shape index (κ2) is 7.45. The molecule has 0 fully saturated rings. The highest BCUT2D eigenvalue weighted by Gasteiger charge is 2.12. The van der Waals surface area contributed by atoms with Gasteiger partial charge in [-0.1, -0.05) is 35.9 Å². The van der Waals surface area contributed by atoms with Crippen molar-refractivity contribution in [1.29, 1.82) is 0 Å². The van der Waals surface area contributed by atoms with E-state index in [1.54, 1.807) is 0 Å². The molecule has 0 unspecified atom stereocenters. The van der Waals surface area contributed by atoms with Gasteiger partial charge in [0.1, 0.15) is 0 Å². The van der Waals surface area contributed by atoms with Crippen LogP contribution in [-0.4, -0.2) is 21.2 Å². The van der Waals surface area contributed by atoms with Gasteiger partial charge in [-0.05, 0) is 37.1 Å². The van der Waals surface area contributed by atoms with Gasteiger partial charge in [0.25, 0.3) is 5.89 Å². The number of fused-ring (bicyclic) bond motifs is 1. The smallest absolute Gasteiger partial charge is 0.306 e. The summed E-state index contributed by atoms with van der Waals surface area (Å²) < 4.78 is 10.8. The summed E-state index contributed by atoms with van der Waals surface area (Å²) in [5.41, 5.74) is 4.12. The molecule has 2 aromatic heterocycles. The Balaban J connectivity index is 1.32. The minimum Gasteiger partial charge on any atom is -0.456 e. The van der Waals surface area contributed by atoms with E-state index in [9.17, 15) is 4.79 Å². The lowest BCUT2D eigenvalue weighted by molar-refractivity contribution is -0.145. The fraction of sp³-hybridized carbons (Fsp3) is 0.190. The van der Waals surface area contributed by atoms with Crippen molar-refractivity contribution in [3.8, 4) is 11.5 Å². The van der Waals surface area contributed by atoms with Crippen molar-refractivity contribution >= 4 is 16.9 Å². The van der Waals surface area contributed by atoms with Gasteiger partial charge in [0.15, 0.2) is 6.61 Å². The van der Waals surface area contributed by atoms with E-state index in [1.807, 2.05) is 61.7 Å². The van der Waals surface area contributed by atoms with Crippen LogP contribution in [0.2, 0.25) is 0 Å². The lowest BCUT2D eigenvalue weighted by Gasteiger charge is -2.02. The predicted molar refractivity (Wildman–Crippen MR) is 101 cm³/mol. The maximum atomic E-state index is 12.0. The summed E-state index contributed by atoms with van der Waals surface area (Å²) in [4.78, 5) is 15.3. The molecule has 0 spiro atoms. The number of esters is 1. The van der Waals surface area contributed by atoms with E-state index in [1.165, 1.54) is 0 Å². The van der Waals surface area contributed by atoms with Gasteiger partial charge >= 0.3 is 5.97 Å². The lowest BCUT2D eigenvalue weighted by Crippen LogP contribution is -2.06. The number of hydrogen-bond acceptors (Lipinski definition) is 5. The van der Waals surface area contributed by atoms with Crippen molar-refractivity contribution < 1.29 is 13.9 Å². The zero-order valence-corrected chi connectivity index (χ0v) is 14.9. The molecular weight excluding hydrogens is 342 g/mol. The Bertz CT molecular complexity index is 1080. The Kier molecular flexibility index (Phi) is 4.70. The first-order chi connectivity index (χ1) is 13.2. The second-order valence-electron chi connectivity index (χ2n) is 6.39. The predicted octanol–water partition coefficient (Wildman–Crippen LogP) is 4.20. The third-order valence-corrected chi connectivity index (χ3v) is 4.36. The van der Waals surface area contributed by atoms with Gasteiger partial charge in [0.05, 0.1) is 0 Å². The van der Waals surface area contributed by atoms with Crippen LogP contribution in [0.4, 0.5) is 0 Å². The zero-order valence-electron chi connectivity index (χ0n) is 14.9. The molecule has 27 heavy (non-hydrogen) atoms. The summed E-state index contributed by atoms with van der Waals surface area (Å²) in [7, 11) is 0. The highest BCUT2D eigenvalue weighted by molar-refractivity contribution is 5.83. The van der Waals surface area contributed by atoms with Gasteiger partial charge in [-0.2, -0.15) is 0 Å². The third-order valence-electron chi connectivity index (χ3n) is 4.36. The van der Waals surface area contributed by atoms with E-state index in [0.717, 1.165) is 27.6 Å². The molecule has 0 bridgehead atoms. The van der Waals surface area contributed by atoms with Gasteiger partial charge < -0.3 is 14.1 Å². The molecule has 0 amide bonds. The zero-order chi connectivity index (χ0) is 18.6. The molecule has 0 atom stereocenters. The van der Waals surface area contributed by atoms with Crippen LogP contribution in [0, 0.1) is 6.92 Å². The summed E-state index contributed by atoms with van der Waals surface area (Å²) in [6.45, 7) is 1.97. The molecule has 2 heterocycles. The van der Waals surface area contributed by atoms with Gasteiger partial charge in [0.2, 0.25) is 5.89 Å². The van der Waals surface area contributed by atoms with E-state index in [0.29, 0.717) is 18.7 Å². The molecule has 0 saturated heterocycles. The number of aryl methyl sites for hydroxylation is 2. The minimum absolute atomic E-state index is 0.0223. The second-order valence-corrected chi connectivity index (χ2v) is 6.39. The van der Waals surface area contributed by atoms with Crippen molar-refractivity contribution in [3.05, 3.63) is 71.7 Å². The Morgan fingerprint density at radius 3 is 2.93 bits per heavy atom. The number of rotatable bonds is 6. The number of carbonyl (C=O) groups is 1. The lowest BCUT2D eigenvalue weighted by atomic mass is 10.1. The number of nitrogens with one attached hydrogen (secondary N) is 1. The quantitative estimate of drug-likeness (QED) is 0.521. The van der Waals surface area contributed by atoms with Crippen LogP contribution in [0.15, 0.2) is 59.1 Å². The first-order valence-electron chi connectivity index (χ1n) is 8.79. The van der Waals surface area contributed by atoms with Gasteiger partial charge in [-0.15, -0.1) is 10.2 Å². The summed E-state index contributed by atoms with van der Waals surface area (Å²) in [5, 5.41) is 9.09. The fourth-order valence-corrected chi connectivity index (χ4v) is 3.00. The Morgan fingerprint density at radius 2 is 2.04 bits per heavy atom. The number of nitrogens with zero attached hydrogens (tertiary/aromatic N) is 2. The van der Waals surface area contributed by atoms with Crippen LogP contribution >= 0.6 is 0 Å². The minimum atomic E-state index is -0.296. The largest absolute Gasteiger partial charge is 0.456 e. The Hall–Kier alpha value is -3.41. The highest BCUT2D eigenvalue weighted by atomic mass is 16.5. The Morgan fingerprint density at radius 1 is 1.15 bits per heavy atom. The third kappa shape index (κ3) is 3.89. The number of aromatic nitrogens is 3. The molecular formula is C21H19N3O3. The molecule has 0 aliphatic heterocycles. The average molecular weight is 361 g/mol. The molecule has 6 nitrogen and oxygen atoms in total. The van der Waals surface area contributed by atoms with Crippen LogP contribution in [0.3, 0.4) is 0 Å². The maximum Gasteiger partial charge on any atom is 0.306 e. The standard InChI is InChI=1S/C21H19N3O3/c1-14-5-4-6-15(11-14)21-24-23-19(27-21)13-26-20(25)10-9-16-12-22-18-8-3-2-7-17(16)18/h2-8,11-12,22H,9-10,13H2,1H3. The molecule has 0 saturated carbocycles. The number of ether oxygens (including phenoxy) is 1. The van der Waals surface area contributed by atoms with Crippen LogP contribution in [0.5, 0.6) is 0 Å². The highest BCUT2D eigenvalue weighted by Crippen LogP contribution is 2.20. The molecule has 1 N–H and O–H groups in total. The van der Waals surface area contributed by atoms with E-state index in [-0.39, 0.29) is 18.5 Å². The van der Waals surface area contributed by atoms with E-state index in [4.69, 9.17) is 9.15 Å². The molecule has 0 aliphatic carbocycles. The van der Waals surface area contributed by atoms with E-state index >= 15 is 0 Å². The summed E-state index contributed by atoms with van der Waals surface area (Å²) in [5.74, 6) is 0.408. The van der Waals surface area contributed by atoms with Crippen LogP contribution in [0.25, 0.3) is 22.4 Å². The maximum absolute atomic E-state index is 12.0. The van der Waals surface area contributed by atoms with Gasteiger partial charge in [-0.25, -0.2) is 0 Å².